The molecule has 0 bridgehead atoms. The second-order valence-corrected chi connectivity index (χ2v) is 7.74. The molecule has 30 heavy (non-hydrogen) atoms. The van der Waals surface area contributed by atoms with Crippen LogP contribution in [0.4, 0.5) is 0 Å². The highest BCUT2D eigenvalue weighted by Crippen LogP contribution is 2.36. The Morgan fingerprint density at radius 3 is 2.60 bits per heavy atom. The van der Waals surface area contributed by atoms with Gasteiger partial charge in [0.25, 0.3) is 5.56 Å². The second-order valence-electron chi connectivity index (χ2n) is 7.30. The van der Waals surface area contributed by atoms with Gasteiger partial charge in [0.15, 0.2) is 5.89 Å². The molecule has 8 heteroatoms. The molecule has 1 atom stereocenters. The number of rotatable bonds is 7. The number of aliphatic carboxylic acids is 1. The van der Waals surface area contributed by atoms with Crippen molar-refractivity contribution in [1.29, 1.82) is 0 Å². The maximum absolute atomic E-state index is 13.0. The van der Waals surface area contributed by atoms with Gasteiger partial charge in [-0.3, -0.25) is 9.36 Å². The molecule has 3 rings (SSSR count). The number of aryl methyl sites for hydroxylation is 1. The highest BCUT2D eigenvalue weighted by Gasteiger charge is 2.25. The summed E-state index contributed by atoms with van der Waals surface area (Å²) < 4.78 is 11.8. The molecule has 2 aromatic heterocycles. The Bertz CT molecular complexity index is 1130. The van der Waals surface area contributed by atoms with Gasteiger partial charge in [0.1, 0.15) is 18.1 Å². The molecule has 0 amide bonds. The Balaban J connectivity index is 2.13. The van der Waals surface area contributed by atoms with Crippen LogP contribution in [0.2, 0.25) is 5.02 Å². The standard InChI is InChI=1S/C22H23ClN2O5/c1-12(2)16-6-5-14(23)7-17(16)18-9-21(26)25(10-20(18)29-4)19(22(27)28)8-15-11-30-13(3)24-15/h5-7,9-12,19H,8H2,1-4H3,(H,27,28). The van der Waals surface area contributed by atoms with Crippen LogP contribution in [0.3, 0.4) is 0 Å². The van der Waals surface area contributed by atoms with E-state index in [0.29, 0.717) is 27.9 Å². The fourth-order valence-corrected chi connectivity index (χ4v) is 3.59. The molecule has 0 aliphatic carbocycles. The topological polar surface area (TPSA) is 94.6 Å². The van der Waals surface area contributed by atoms with Crippen molar-refractivity contribution >= 4 is 17.6 Å². The van der Waals surface area contributed by atoms with Gasteiger partial charge in [-0.2, -0.15) is 0 Å². The zero-order chi connectivity index (χ0) is 22.0. The highest BCUT2D eigenvalue weighted by atomic mass is 35.5. The molecule has 0 saturated carbocycles. The minimum atomic E-state index is -1.16. The number of carboxylic acid groups (broad SMARTS) is 1. The predicted molar refractivity (Wildman–Crippen MR) is 113 cm³/mol. The number of carbonyl (C=O) groups is 1. The summed E-state index contributed by atoms with van der Waals surface area (Å²) in [6.45, 7) is 5.75. The number of nitrogens with zero attached hydrogens (tertiary/aromatic N) is 2. The van der Waals surface area contributed by atoms with Gasteiger partial charge in [-0.15, -0.1) is 0 Å². The number of halogens is 1. The van der Waals surface area contributed by atoms with E-state index in [9.17, 15) is 14.7 Å². The SMILES string of the molecule is COc1cn(C(Cc2coc(C)n2)C(=O)O)c(=O)cc1-c1cc(Cl)ccc1C(C)C. The molecule has 0 spiro atoms. The molecule has 1 N–H and O–H groups in total. The van der Waals surface area contributed by atoms with E-state index in [0.717, 1.165) is 15.7 Å². The first-order chi connectivity index (χ1) is 14.2. The van der Waals surface area contributed by atoms with Gasteiger partial charge in [0.05, 0.1) is 19.0 Å². The van der Waals surface area contributed by atoms with Gasteiger partial charge in [-0.25, -0.2) is 9.78 Å². The molecule has 3 aromatic rings. The molecular weight excluding hydrogens is 408 g/mol. The average molecular weight is 431 g/mol. The van der Waals surface area contributed by atoms with E-state index >= 15 is 0 Å². The van der Waals surface area contributed by atoms with Gasteiger partial charge in [0.2, 0.25) is 0 Å². The summed E-state index contributed by atoms with van der Waals surface area (Å²) in [4.78, 5) is 29.0. The lowest BCUT2D eigenvalue weighted by molar-refractivity contribution is -0.141. The van der Waals surface area contributed by atoms with Crippen molar-refractivity contribution in [2.45, 2.75) is 39.2 Å². The maximum Gasteiger partial charge on any atom is 0.327 e. The lowest BCUT2D eigenvalue weighted by Crippen LogP contribution is -2.31. The first-order valence-electron chi connectivity index (χ1n) is 9.45. The van der Waals surface area contributed by atoms with Crippen molar-refractivity contribution in [2.75, 3.05) is 7.11 Å². The Kier molecular flexibility index (Phi) is 6.31. The minimum absolute atomic E-state index is 0.00346. The third-order valence-electron chi connectivity index (χ3n) is 4.88. The maximum atomic E-state index is 13.0. The largest absolute Gasteiger partial charge is 0.495 e. The van der Waals surface area contributed by atoms with Crippen LogP contribution in [0.15, 0.2) is 45.9 Å². The number of carboxylic acids is 1. The lowest BCUT2D eigenvalue weighted by atomic mass is 9.92. The number of aromatic nitrogens is 2. The number of pyridine rings is 1. The van der Waals surface area contributed by atoms with Crippen molar-refractivity contribution in [3.63, 3.8) is 0 Å². The van der Waals surface area contributed by atoms with Gasteiger partial charge in [-0.05, 0) is 29.2 Å². The Hall–Kier alpha value is -3.06. The van der Waals surface area contributed by atoms with Crippen LogP contribution < -0.4 is 10.3 Å². The monoisotopic (exact) mass is 430 g/mol. The van der Waals surface area contributed by atoms with Crippen LogP contribution in [0.25, 0.3) is 11.1 Å². The number of methoxy groups -OCH3 is 1. The van der Waals surface area contributed by atoms with Gasteiger partial charge >= 0.3 is 5.97 Å². The molecule has 158 valence electrons. The minimum Gasteiger partial charge on any atom is -0.495 e. The summed E-state index contributed by atoms with van der Waals surface area (Å²) in [5.74, 6) is -0.164. The van der Waals surface area contributed by atoms with Gasteiger partial charge < -0.3 is 14.3 Å². The van der Waals surface area contributed by atoms with Crippen molar-refractivity contribution in [3.8, 4) is 16.9 Å². The summed E-state index contributed by atoms with van der Waals surface area (Å²) in [5, 5.41) is 10.3. The molecule has 0 aliphatic rings. The normalized spacial score (nSPS) is 12.2. The first kappa shape index (κ1) is 21.6. The third-order valence-corrected chi connectivity index (χ3v) is 5.12. The van der Waals surface area contributed by atoms with Gasteiger partial charge in [-0.1, -0.05) is 31.5 Å². The molecule has 2 heterocycles. The Morgan fingerprint density at radius 2 is 2.03 bits per heavy atom. The van der Waals surface area contributed by atoms with Crippen LogP contribution in [0.5, 0.6) is 5.75 Å². The van der Waals surface area contributed by atoms with Crippen LogP contribution in [0, 0.1) is 6.92 Å². The molecule has 1 unspecified atom stereocenters. The molecule has 0 radical (unpaired) electrons. The zero-order valence-corrected chi connectivity index (χ0v) is 17.9. The van der Waals surface area contributed by atoms with E-state index in [2.05, 4.69) is 4.98 Å². The van der Waals surface area contributed by atoms with E-state index in [1.807, 2.05) is 19.9 Å². The van der Waals surface area contributed by atoms with E-state index in [4.69, 9.17) is 20.8 Å². The zero-order valence-electron chi connectivity index (χ0n) is 17.2. The smallest absolute Gasteiger partial charge is 0.327 e. The van der Waals surface area contributed by atoms with E-state index in [1.54, 1.807) is 19.1 Å². The van der Waals surface area contributed by atoms with Crippen molar-refractivity contribution in [2.24, 2.45) is 0 Å². The molecule has 0 fully saturated rings. The van der Waals surface area contributed by atoms with E-state index in [1.165, 1.54) is 25.6 Å². The number of oxazole rings is 1. The van der Waals surface area contributed by atoms with Gasteiger partial charge in [0, 0.05) is 30.0 Å². The van der Waals surface area contributed by atoms with E-state index in [-0.39, 0.29) is 12.3 Å². The summed E-state index contributed by atoms with van der Waals surface area (Å²) in [6.07, 6.45) is 2.82. The van der Waals surface area contributed by atoms with Crippen LogP contribution >= 0.6 is 11.6 Å². The summed E-state index contributed by atoms with van der Waals surface area (Å²) >= 11 is 6.20. The van der Waals surface area contributed by atoms with Crippen LogP contribution in [-0.4, -0.2) is 27.7 Å². The van der Waals surface area contributed by atoms with Crippen molar-refractivity contribution in [1.82, 2.24) is 9.55 Å². The number of ether oxygens (including phenoxy) is 1. The number of hydrogen-bond acceptors (Lipinski definition) is 5. The van der Waals surface area contributed by atoms with Crippen LogP contribution in [0.1, 0.15) is 43.0 Å². The summed E-state index contributed by atoms with van der Waals surface area (Å²) in [5.41, 5.74) is 2.33. The molecule has 7 nitrogen and oxygen atoms in total. The average Bonchev–Trinajstić information content (AvgIpc) is 3.10. The molecular formula is C22H23ClN2O5. The third kappa shape index (κ3) is 4.41. The van der Waals surface area contributed by atoms with Crippen molar-refractivity contribution < 1.29 is 19.1 Å². The fraction of sp³-hybridized carbons (Fsp3) is 0.318. The predicted octanol–water partition coefficient (Wildman–Crippen LogP) is 4.47. The van der Waals surface area contributed by atoms with Crippen molar-refractivity contribution in [3.05, 3.63) is 69.3 Å². The lowest BCUT2D eigenvalue weighted by Gasteiger charge is -2.19. The first-order valence-corrected chi connectivity index (χ1v) is 9.82. The second kappa shape index (κ2) is 8.75. The molecule has 0 saturated heterocycles. The Morgan fingerprint density at radius 1 is 1.30 bits per heavy atom. The Labute approximate surface area is 178 Å². The number of benzene rings is 1. The fourth-order valence-electron chi connectivity index (χ4n) is 3.42. The van der Waals surface area contributed by atoms with E-state index < -0.39 is 17.6 Å². The number of hydrogen-bond donors (Lipinski definition) is 1. The van der Waals surface area contributed by atoms with Crippen LogP contribution in [-0.2, 0) is 11.2 Å². The molecule has 0 aliphatic heterocycles. The molecule has 1 aromatic carbocycles. The highest BCUT2D eigenvalue weighted by molar-refractivity contribution is 6.30. The summed E-state index contributed by atoms with van der Waals surface area (Å²) in [7, 11) is 1.48. The summed E-state index contributed by atoms with van der Waals surface area (Å²) in [6, 6.07) is 5.73. The quantitative estimate of drug-likeness (QED) is 0.594.